The van der Waals surface area contributed by atoms with Gasteiger partial charge in [-0.05, 0) is 30.2 Å². The maximum atomic E-state index is 12.7. The third-order valence-corrected chi connectivity index (χ3v) is 5.58. The number of ether oxygens (including phenoxy) is 1. The molecule has 2 aliphatic rings. The molecule has 178 valence electrons. The van der Waals surface area contributed by atoms with E-state index in [-0.39, 0.29) is 19.1 Å². The lowest BCUT2D eigenvalue weighted by molar-refractivity contribution is -0.127. The van der Waals surface area contributed by atoms with Crippen LogP contribution in [-0.2, 0) is 11.2 Å². The minimum atomic E-state index is -0.936. The Morgan fingerprint density at radius 2 is 2.18 bits per heavy atom. The fourth-order valence-electron chi connectivity index (χ4n) is 3.76. The first-order valence-electron chi connectivity index (χ1n) is 11.0. The Labute approximate surface area is 197 Å². The number of aliphatic hydroxyl groups is 1. The minimum Gasteiger partial charge on any atom is -0.491 e. The van der Waals surface area contributed by atoms with Crippen LogP contribution in [0.3, 0.4) is 0 Å². The molecular formula is C23H27N7O4. The molecule has 11 heteroatoms. The van der Waals surface area contributed by atoms with E-state index in [2.05, 4.69) is 32.7 Å². The Kier molecular flexibility index (Phi) is 7.02. The first kappa shape index (κ1) is 23.2. The van der Waals surface area contributed by atoms with Crippen molar-refractivity contribution in [3.8, 4) is 5.75 Å². The lowest BCUT2D eigenvalue weighted by Gasteiger charge is -2.36. The highest BCUT2D eigenvalue weighted by Gasteiger charge is 2.49. The molecule has 0 bridgehead atoms. The third kappa shape index (κ3) is 5.15. The Morgan fingerprint density at radius 3 is 2.94 bits per heavy atom. The number of hydrogen-bond acceptors (Lipinski definition) is 9. The van der Waals surface area contributed by atoms with Crippen LogP contribution in [-0.4, -0.2) is 82.5 Å². The Morgan fingerprint density at radius 1 is 1.32 bits per heavy atom. The number of aliphatic imine (C=N–C) groups is 1. The van der Waals surface area contributed by atoms with Gasteiger partial charge in [0.15, 0.2) is 12.2 Å². The summed E-state index contributed by atoms with van der Waals surface area (Å²) in [6.07, 6.45) is 4.06. The highest BCUT2D eigenvalue weighted by Crippen LogP contribution is 2.24. The van der Waals surface area contributed by atoms with Gasteiger partial charge in [0, 0.05) is 25.0 Å². The molecule has 3 amide bonds. The van der Waals surface area contributed by atoms with Gasteiger partial charge < -0.3 is 19.6 Å². The van der Waals surface area contributed by atoms with Crippen molar-refractivity contribution in [3.63, 3.8) is 0 Å². The van der Waals surface area contributed by atoms with Crippen molar-refractivity contribution in [2.75, 3.05) is 20.2 Å². The predicted molar refractivity (Wildman–Crippen MR) is 125 cm³/mol. The predicted octanol–water partition coefficient (Wildman–Crippen LogP) is 0.555. The smallest absolute Gasteiger partial charge is 0.325 e. The molecule has 3 heterocycles. The fraction of sp³-hybridized carbons (Fsp3) is 0.348. The number of hydrogen-bond donors (Lipinski definition) is 3. The zero-order chi connectivity index (χ0) is 24.1. The molecule has 0 spiro atoms. The van der Waals surface area contributed by atoms with Crippen LogP contribution in [0.15, 0.2) is 58.9 Å². The van der Waals surface area contributed by atoms with Crippen molar-refractivity contribution in [1.82, 2.24) is 25.5 Å². The number of carbonyl (C=O) groups is 2. The molecule has 3 atom stereocenters. The summed E-state index contributed by atoms with van der Waals surface area (Å²) in [6, 6.07) is 9.94. The lowest BCUT2D eigenvalue weighted by Crippen LogP contribution is -2.64. The largest absolute Gasteiger partial charge is 0.491 e. The van der Waals surface area contributed by atoms with Crippen LogP contribution >= 0.6 is 0 Å². The Hall–Kier alpha value is -3.99. The Balaban J connectivity index is 1.47. The van der Waals surface area contributed by atoms with Crippen LogP contribution in [0.4, 0.5) is 4.79 Å². The van der Waals surface area contributed by atoms with Gasteiger partial charge in [0.2, 0.25) is 5.96 Å². The number of aromatic nitrogens is 1. The second-order valence-corrected chi connectivity index (χ2v) is 7.99. The van der Waals surface area contributed by atoms with Crippen molar-refractivity contribution < 1.29 is 19.4 Å². The summed E-state index contributed by atoms with van der Waals surface area (Å²) in [7, 11) is 1.56. The molecule has 0 radical (unpaired) electrons. The summed E-state index contributed by atoms with van der Waals surface area (Å²) in [5.41, 5.74) is 4.73. The number of benzene rings is 1. The van der Waals surface area contributed by atoms with Gasteiger partial charge in [-0.3, -0.25) is 15.1 Å². The Bertz CT molecular complexity index is 1090. The number of nitrogens with zero attached hydrogens (tertiary/aromatic N) is 5. The number of aliphatic hydroxyl groups excluding tert-OH is 1. The molecule has 34 heavy (non-hydrogen) atoms. The molecule has 4 rings (SSSR count). The normalized spacial score (nSPS) is 20.7. The average Bonchev–Trinajstić information content (AvgIpc) is 3.20. The summed E-state index contributed by atoms with van der Waals surface area (Å²) in [5, 5.41) is 17.2. The van der Waals surface area contributed by atoms with Crippen LogP contribution in [0.1, 0.15) is 18.1 Å². The molecule has 0 saturated carbocycles. The number of nitrogens with one attached hydrogen (secondary N) is 2. The average molecular weight is 466 g/mol. The second kappa shape index (κ2) is 10.3. The number of carbonyl (C=O) groups excluding carboxylic acids is 2. The van der Waals surface area contributed by atoms with E-state index in [1.54, 1.807) is 36.6 Å². The minimum absolute atomic E-state index is 0.0175. The van der Waals surface area contributed by atoms with E-state index in [0.29, 0.717) is 5.75 Å². The van der Waals surface area contributed by atoms with Crippen LogP contribution < -0.4 is 15.5 Å². The van der Waals surface area contributed by atoms with Crippen LogP contribution in [0.2, 0.25) is 0 Å². The molecule has 1 fully saturated rings. The number of hydrazone groups is 1. The fourth-order valence-corrected chi connectivity index (χ4v) is 3.76. The van der Waals surface area contributed by atoms with Gasteiger partial charge in [-0.2, -0.15) is 5.10 Å². The van der Waals surface area contributed by atoms with Crippen LogP contribution in [0.25, 0.3) is 0 Å². The monoisotopic (exact) mass is 465 g/mol. The molecule has 2 aromatic rings. The number of β-amino-alcohol motifs (C(OH)–C–C–N with tert-alkyl or cyclic N) is 1. The lowest BCUT2D eigenvalue weighted by atomic mass is 10.1. The summed E-state index contributed by atoms with van der Waals surface area (Å²) >= 11 is 0. The first-order valence-corrected chi connectivity index (χ1v) is 11.0. The number of aryl methyl sites for hydroxylation is 1. The van der Waals surface area contributed by atoms with Crippen molar-refractivity contribution in [2.24, 2.45) is 10.1 Å². The highest BCUT2D eigenvalue weighted by molar-refractivity contribution is 6.03. The highest BCUT2D eigenvalue weighted by atomic mass is 16.5. The summed E-state index contributed by atoms with van der Waals surface area (Å²) in [6.45, 7) is 2.11. The summed E-state index contributed by atoms with van der Waals surface area (Å²) in [4.78, 5) is 36.2. The number of pyridine rings is 1. The molecule has 1 saturated heterocycles. The molecule has 0 aliphatic carbocycles. The van der Waals surface area contributed by atoms with Gasteiger partial charge in [0.05, 0.1) is 12.8 Å². The van der Waals surface area contributed by atoms with E-state index in [4.69, 9.17) is 4.74 Å². The van der Waals surface area contributed by atoms with Crippen molar-refractivity contribution in [3.05, 3.63) is 59.9 Å². The first-order chi connectivity index (χ1) is 16.5. The van der Waals surface area contributed by atoms with Crippen molar-refractivity contribution in [1.29, 1.82) is 0 Å². The van der Waals surface area contributed by atoms with Gasteiger partial charge in [0.1, 0.15) is 18.5 Å². The number of rotatable bonds is 8. The zero-order valence-electron chi connectivity index (χ0n) is 19.0. The van der Waals surface area contributed by atoms with E-state index in [1.807, 2.05) is 30.3 Å². The number of urea groups is 1. The third-order valence-electron chi connectivity index (χ3n) is 5.58. The van der Waals surface area contributed by atoms with Gasteiger partial charge in [-0.1, -0.05) is 25.1 Å². The number of imide groups is 1. The quantitative estimate of drug-likeness (QED) is 0.383. The second-order valence-electron chi connectivity index (χ2n) is 7.99. The molecule has 1 aromatic heterocycles. The molecular weight excluding hydrogens is 438 g/mol. The van der Waals surface area contributed by atoms with Crippen molar-refractivity contribution >= 4 is 24.1 Å². The van der Waals surface area contributed by atoms with Gasteiger partial charge in [-0.25, -0.2) is 15.2 Å². The van der Waals surface area contributed by atoms with Gasteiger partial charge in [-0.15, -0.1) is 0 Å². The van der Waals surface area contributed by atoms with E-state index >= 15 is 0 Å². The summed E-state index contributed by atoms with van der Waals surface area (Å²) < 4.78 is 5.76. The molecule has 3 N–H and O–H groups in total. The van der Waals surface area contributed by atoms with E-state index < -0.39 is 30.2 Å². The van der Waals surface area contributed by atoms with E-state index in [0.717, 1.165) is 17.5 Å². The van der Waals surface area contributed by atoms with Crippen LogP contribution in [0.5, 0.6) is 5.75 Å². The summed E-state index contributed by atoms with van der Waals surface area (Å²) in [5.74, 6) is 0.430. The number of amides is 3. The van der Waals surface area contributed by atoms with Gasteiger partial charge in [0.25, 0.3) is 5.91 Å². The maximum absolute atomic E-state index is 12.7. The molecule has 3 unspecified atom stereocenters. The number of fused-ring (bicyclic) bond motifs is 1. The van der Waals surface area contributed by atoms with Crippen molar-refractivity contribution in [2.45, 2.75) is 31.7 Å². The van der Waals surface area contributed by atoms with Crippen LogP contribution in [0, 0.1) is 0 Å². The number of guanidine groups is 1. The maximum Gasteiger partial charge on any atom is 0.325 e. The number of likely N-dealkylation sites (N-methyl/N-ethyl adjacent to an activating group) is 1. The SMILES string of the molecule is CCc1cccc(OCC(O)CN2C(N/N=C/c3cccnc3)=NC3C2C(=O)NC(=O)N3C)c1. The molecule has 2 aliphatic heterocycles. The zero-order valence-corrected chi connectivity index (χ0v) is 19.0. The van der Waals surface area contributed by atoms with E-state index in [9.17, 15) is 14.7 Å². The van der Waals surface area contributed by atoms with Gasteiger partial charge >= 0.3 is 6.03 Å². The molecule has 11 nitrogen and oxygen atoms in total. The standard InChI is InChI=1S/C23H27N7O4/c1-3-15-6-4-8-18(10-15)34-14-17(31)13-30-19-20(29(2)23(33)27-21(19)32)26-22(30)28-25-12-16-7-5-9-24-11-16/h4-12,17,19-20,31H,3,13-14H2,1-2H3,(H,26,28)(H,27,32,33)/b25-12+. The van der Waals surface area contributed by atoms with E-state index in [1.165, 1.54) is 4.90 Å². The topological polar surface area (TPSA) is 132 Å². The molecule has 1 aromatic carbocycles.